The topological polar surface area (TPSA) is 119 Å². The average Bonchev–Trinajstić information content (AvgIpc) is 3.21. The van der Waals surface area contributed by atoms with Crippen LogP contribution >= 0.6 is 0 Å². The van der Waals surface area contributed by atoms with Crippen LogP contribution in [0, 0.1) is 17.7 Å². The second kappa shape index (κ2) is 5.93. The van der Waals surface area contributed by atoms with E-state index in [0.29, 0.717) is 40.5 Å². The summed E-state index contributed by atoms with van der Waals surface area (Å²) in [4.78, 5) is 34.1. The number of rotatable bonds is 4. The number of piperidine rings is 1. The molecule has 1 saturated carbocycles. The zero-order valence-electron chi connectivity index (χ0n) is 15.1. The van der Waals surface area contributed by atoms with E-state index in [-0.39, 0.29) is 23.8 Å². The molecule has 29 heavy (non-hydrogen) atoms. The molecular weight excluding hydrogens is 379 g/mol. The predicted octanol–water partition coefficient (Wildman–Crippen LogP) is 0.935. The zero-order chi connectivity index (χ0) is 19.5. The highest BCUT2D eigenvalue weighted by atomic mass is 19.1. The lowest BCUT2D eigenvalue weighted by Crippen LogP contribution is -2.24. The van der Waals surface area contributed by atoms with Gasteiger partial charge in [-0.1, -0.05) is 5.16 Å². The van der Waals surface area contributed by atoms with E-state index in [1.165, 1.54) is 35.6 Å². The number of aromatic amines is 1. The average molecular weight is 394 g/mol. The van der Waals surface area contributed by atoms with E-state index in [1.807, 2.05) is 0 Å². The van der Waals surface area contributed by atoms with Gasteiger partial charge in [-0.2, -0.15) is 4.98 Å². The fourth-order valence-electron chi connectivity index (χ4n) is 4.25. The lowest BCUT2D eigenvalue weighted by molar-refractivity contribution is 0.363. The number of hydrogen-bond acceptors (Lipinski definition) is 8. The second-order valence-electron chi connectivity index (χ2n) is 7.42. The maximum atomic E-state index is 13.4. The van der Waals surface area contributed by atoms with Crippen LogP contribution in [0.1, 0.15) is 17.6 Å². The van der Waals surface area contributed by atoms with Crippen molar-refractivity contribution in [2.45, 2.75) is 12.5 Å². The quantitative estimate of drug-likeness (QED) is 0.543. The maximum absolute atomic E-state index is 13.4. The van der Waals surface area contributed by atoms with E-state index in [9.17, 15) is 9.18 Å². The number of fused-ring (bicyclic) bond motifs is 2. The normalized spacial score (nSPS) is 22.9. The highest BCUT2D eigenvalue weighted by Gasteiger charge is 2.58. The highest BCUT2D eigenvalue weighted by molar-refractivity contribution is 5.67. The Hall–Kier alpha value is -3.63. The molecule has 1 aliphatic carbocycles. The van der Waals surface area contributed by atoms with Gasteiger partial charge in [-0.25, -0.2) is 19.3 Å². The number of anilines is 1. The third kappa shape index (κ3) is 2.61. The molecule has 10 nitrogen and oxygen atoms in total. The van der Waals surface area contributed by atoms with E-state index < -0.39 is 0 Å². The van der Waals surface area contributed by atoms with Gasteiger partial charge in [0.25, 0.3) is 5.56 Å². The lowest BCUT2D eigenvalue weighted by atomic mass is 10.2. The van der Waals surface area contributed by atoms with Crippen LogP contribution in [-0.2, 0) is 6.54 Å². The molecule has 1 N–H and O–H groups in total. The Morgan fingerprint density at radius 1 is 1.24 bits per heavy atom. The first kappa shape index (κ1) is 16.3. The number of hydrogen-bond donors (Lipinski definition) is 1. The van der Waals surface area contributed by atoms with Crippen LogP contribution in [0.25, 0.3) is 11.2 Å². The largest absolute Gasteiger partial charge is 0.356 e. The van der Waals surface area contributed by atoms with Gasteiger partial charge >= 0.3 is 0 Å². The smallest absolute Gasteiger partial charge is 0.279 e. The zero-order valence-corrected chi connectivity index (χ0v) is 15.1. The number of nitrogens with one attached hydrogen (secondary N) is 1. The Kier molecular flexibility index (Phi) is 3.34. The first-order valence-electron chi connectivity index (χ1n) is 9.25. The summed E-state index contributed by atoms with van der Waals surface area (Å²) in [5.41, 5.74) is 0.476. The van der Waals surface area contributed by atoms with E-state index in [0.717, 1.165) is 13.1 Å². The molecule has 146 valence electrons. The monoisotopic (exact) mass is 394 g/mol. The summed E-state index contributed by atoms with van der Waals surface area (Å²) in [6, 6.07) is 2.80. The van der Waals surface area contributed by atoms with Crippen molar-refractivity contribution in [3.8, 4) is 0 Å². The summed E-state index contributed by atoms with van der Waals surface area (Å²) in [7, 11) is 0. The number of aromatic nitrogens is 7. The van der Waals surface area contributed by atoms with E-state index in [1.54, 1.807) is 0 Å². The molecule has 5 heterocycles. The van der Waals surface area contributed by atoms with Gasteiger partial charge in [0, 0.05) is 31.3 Å². The molecule has 1 saturated heterocycles. The predicted molar refractivity (Wildman–Crippen MR) is 97.7 cm³/mol. The summed E-state index contributed by atoms with van der Waals surface area (Å²) in [6.07, 6.45) is 4.34. The summed E-state index contributed by atoms with van der Waals surface area (Å²) in [5, 5.41) is 4.11. The van der Waals surface area contributed by atoms with Crippen LogP contribution in [-0.4, -0.2) is 47.7 Å². The van der Waals surface area contributed by atoms with Gasteiger partial charge in [-0.3, -0.25) is 9.36 Å². The van der Waals surface area contributed by atoms with Crippen LogP contribution in [0.3, 0.4) is 0 Å². The van der Waals surface area contributed by atoms with E-state index in [2.05, 4.69) is 35.0 Å². The minimum Gasteiger partial charge on any atom is -0.356 e. The molecule has 1 aliphatic heterocycles. The van der Waals surface area contributed by atoms with Crippen molar-refractivity contribution in [3.05, 3.63) is 58.9 Å². The third-order valence-electron chi connectivity index (χ3n) is 5.73. The van der Waals surface area contributed by atoms with Gasteiger partial charge < -0.3 is 14.4 Å². The molecule has 4 aromatic rings. The van der Waals surface area contributed by atoms with Crippen LogP contribution in [0.4, 0.5) is 10.2 Å². The molecule has 0 aromatic carbocycles. The van der Waals surface area contributed by atoms with Gasteiger partial charge in [-0.05, 0) is 17.9 Å². The van der Waals surface area contributed by atoms with Crippen LogP contribution < -0.4 is 10.5 Å². The van der Waals surface area contributed by atoms with Crippen molar-refractivity contribution in [2.24, 2.45) is 11.8 Å². The highest BCUT2D eigenvalue weighted by Crippen LogP contribution is 2.57. The third-order valence-corrected chi connectivity index (χ3v) is 5.73. The Morgan fingerprint density at radius 2 is 2.10 bits per heavy atom. The fraction of sp³-hybridized carbons (Fsp3) is 0.333. The molecule has 3 atom stereocenters. The van der Waals surface area contributed by atoms with Gasteiger partial charge in [0.2, 0.25) is 5.89 Å². The van der Waals surface area contributed by atoms with Crippen molar-refractivity contribution in [1.29, 1.82) is 0 Å². The van der Waals surface area contributed by atoms with Crippen molar-refractivity contribution in [2.75, 3.05) is 18.0 Å². The number of halogens is 1. The Balaban J connectivity index is 1.16. The number of imidazole rings is 1. The number of pyridine rings is 1. The minimum atomic E-state index is -0.284. The molecular formula is C18H15FN8O2. The van der Waals surface area contributed by atoms with Gasteiger partial charge in [0.05, 0.1) is 6.33 Å². The number of H-pyrrole nitrogens is 1. The molecule has 0 amide bonds. The summed E-state index contributed by atoms with van der Waals surface area (Å²) in [6.45, 7) is 1.72. The molecule has 0 spiro atoms. The standard InChI is InChI=1S/C18H15FN8O2/c19-9-1-2-20-12(3-9)26-4-10-11(5-26)14(10)16-24-13(29-25-16)6-27-8-23-17-15(18(27)28)21-7-22-17/h1-3,7-8,10-11,14H,4-6H2,(H,21,22)/t10-,11+,14?. The van der Waals surface area contributed by atoms with Crippen molar-refractivity contribution < 1.29 is 8.91 Å². The lowest BCUT2D eigenvalue weighted by Gasteiger charge is -2.20. The van der Waals surface area contributed by atoms with Gasteiger partial charge in [0.1, 0.15) is 24.5 Å². The second-order valence-corrected chi connectivity index (χ2v) is 7.42. The molecule has 4 aromatic heterocycles. The molecule has 6 rings (SSSR count). The van der Waals surface area contributed by atoms with Crippen molar-refractivity contribution in [1.82, 2.24) is 34.6 Å². The van der Waals surface area contributed by atoms with Crippen LogP contribution in [0.5, 0.6) is 0 Å². The molecule has 11 heteroatoms. The Labute approximate surface area is 162 Å². The minimum absolute atomic E-state index is 0.148. The van der Waals surface area contributed by atoms with Gasteiger partial charge in [-0.15, -0.1) is 0 Å². The summed E-state index contributed by atoms with van der Waals surface area (Å²) < 4.78 is 20.2. The van der Waals surface area contributed by atoms with E-state index >= 15 is 0 Å². The fourth-order valence-corrected chi connectivity index (χ4v) is 4.25. The van der Waals surface area contributed by atoms with Crippen molar-refractivity contribution >= 4 is 17.0 Å². The molecule has 1 unspecified atom stereocenters. The van der Waals surface area contributed by atoms with Crippen LogP contribution in [0.2, 0.25) is 0 Å². The molecule has 0 radical (unpaired) electrons. The Morgan fingerprint density at radius 3 is 2.93 bits per heavy atom. The van der Waals surface area contributed by atoms with Gasteiger partial charge in [0.15, 0.2) is 17.0 Å². The van der Waals surface area contributed by atoms with E-state index in [4.69, 9.17) is 4.52 Å². The maximum Gasteiger partial charge on any atom is 0.279 e. The van der Waals surface area contributed by atoms with Crippen LogP contribution in [0.15, 0.2) is 40.3 Å². The molecule has 0 bridgehead atoms. The number of nitrogens with zero attached hydrogens (tertiary/aromatic N) is 7. The molecule has 2 fully saturated rings. The first-order chi connectivity index (χ1) is 14.2. The SMILES string of the molecule is O=c1c2[nH]cnc2ncn1Cc1nc(C2[C@H]3CN(c4cc(F)ccn4)C[C@@H]23)no1. The molecule has 2 aliphatic rings. The summed E-state index contributed by atoms with van der Waals surface area (Å²) >= 11 is 0. The summed E-state index contributed by atoms with van der Waals surface area (Å²) in [5.74, 6) is 2.41. The Bertz CT molecular complexity index is 1270. The first-order valence-corrected chi connectivity index (χ1v) is 9.25. The van der Waals surface area contributed by atoms with Crippen molar-refractivity contribution in [3.63, 3.8) is 0 Å².